The Morgan fingerprint density at radius 2 is 0.689 bits per heavy atom. The minimum absolute atomic E-state index is 0.0553. The van der Waals surface area contributed by atoms with E-state index in [1.54, 1.807) is 0 Å². The predicted molar refractivity (Wildman–Crippen MR) is 176 cm³/mol. The summed E-state index contributed by atoms with van der Waals surface area (Å²) >= 11 is 0. The molecule has 0 amide bonds. The molecule has 0 N–H and O–H groups in total. The summed E-state index contributed by atoms with van der Waals surface area (Å²) in [7, 11) is -2.53. The van der Waals surface area contributed by atoms with Gasteiger partial charge >= 0.3 is 0 Å². The lowest BCUT2D eigenvalue weighted by Crippen LogP contribution is -2.66. The second-order valence-electron chi connectivity index (χ2n) is 11.1. The fourth-order valence-corrected chi connectivity index (χ4v) is 9.26. The van der Waals surface area contributed by atoms with Gasteiger partial charge in [0, 0.05) is 0 Å². The van der Waals surface area contributed by atoms with Gasteiger partial charge in [0.05, 0.1) is 112 Å². The number of rotatable bonds is 29. The van der Waals surface area contributed by atoms with Gasteiger partial charge in [-0.1, -0.05) is 81.4 Å². The molecule has 11 heteroatoms. The molecule has 0 aliphatic rings. The summed E-state index contributed by atoms with van der Waals surface area (Å²) in [6.07, 6.45) is 0. The first kappa shape index (κ1) is 39.4. The Morgan fingerprint density at radius 3 is 0.956 bits per heavy atom. The van der Waals surface area contributed by atoms with Crippen LogP contribution in [-0.4, -0.2) is 127 Å². The molecule has 0 fully saturated rings. The van der Waals surface area contributed by atoms with Crippen molar-refractivity contribution in [2.45, 2.75) is 25.8 Å². The summed E-state index contributed by atoms with van der Waals surface area (Å²) in [6.45, 7) is 14.3. The van der Waals surface area contributed by atoms with Crippen molar-refractivity contribution in [2.75, 3.05) is 119 Å². The van der Waals surface area contributed by atoms with Crippen LogP contribution in [0.2, 0.25) is 5.04 Å². The van der Waals surface area contributed by atoms with Crippen LogP contribution in [0, 0.1) is 0 Å². The van der Waals surface area contributed by atoms with Crippen molar-refractivity contribution in [2.24, 2.45) is 0 Å². The largest absolute Gasteiger partial charge is 0.405 e. The first-order chi connectivity index (χ1) is 22.0. The van der Waals surface area contributed by atoms with Crippen LogP contribution >= 0.6 is 0 Å². The summed E-state index contributed by atoms with van der Waals surface area (Å²) in [6, 6.07) is 21.2. The van der Waals surface area contributed by atoms with Gasteiger partial charge in [-0.15, -0.1) is 0 Å². The molecular weight excluding hydrogens is 599 g/mol. The van der Waals surface area contributed by atoms with Crippen molar-refractivity contribution < 1.29 is 46.7 Å². The Bertz CT molecular complexity index is 895. The normalized spacial score (nSPS) is 12.2. The highest BCUT2D eigenvalue weighted by Crippen LogP contribution is 2.36. The zero-order valence-electron chi connectivity index (χ0n) is 27.6. The van der Waals surface area contributed by atoms with Gasteiger partial charge in [0.25, 0.3) is 8.32 Å². The van der Waals surface area contributed by atoms with E-state index in [4.69, 9.17) is 42.3 Å². The Hall–Kier alpha value is -1.77. The van der Waals surface area contributed by atoms with E-state index in [0.29, 0.717) is 106 Å². The standard InChI is InChI=1S/C34H55FO9Si/c1-34(2,3)45(32-10-6-4-7-11-32,33-12-8-5-9-13-33)44-31-30-43-29-28-42-27-26-41-25-24-40-23-22-39-21-20-38-19-18-37-17-16-36-15-14-35/h4-13H,14-31H2,1-3H3. The zero-order chi connectivity index (χ0) is 32.3. The SMILES string of the molecule is CC(C)(C)[Si](OCCOCCOCCOCCOCCOCCOCCOCCOCCF)(c1ccccc1)c1ccccc1. The molecule has 9 nitrogen and oxygen atoms in total. The highest BCUT2D eigenvalue weighted by Gasteiger charge is 2.49. The molecule has 2 aromatic carbocycles. The lowest BCUT2D eigenvalue weighted by Gasteiger charge is -2.43. The van der Waals surface area contributed by atoms with Crippen LogP contribution in [0.4, 0.5) is 4.39 Å². The maximum atomic E-state index is 11.9. The number of hydrogen-bond acceptors (Lipinski definition) is 9. The summed E-state index contributed by atoms with van der Waals surface area (Å²) < 4.78 is 62.3. The van der Waals surface area contributed by atoms with Crippen LogP contribution in [0.25, 0.3) is 0 Å². The molecule has 0 aliphatic carbocycles. The number of benzene rings is 2. The minimum Gasteiger partial charge on any atom is -0.405 e. The molecular formula is C34H55FO9Si. The van der Waals surface area contributed by atoms with Crippen molar-refractivity contribution in [1.82, 2.24) is 0 Å². The van der Waals surface area contributed by atoms with Gasteiger partial charge in [-0.3, -0.25) is 0 Å². The average molecular weight is 655 g/mol. The Kier molecular flexibility index (Phi) is 22.2. The molecule has 0 bridgehead atoms. The zero-order valence-corrected chi connectivity index (χ0v) is 28.6. The molecule has 2 aromatic rings. The van der Waals surface area contributed by atoms with Gasteiger partial charge in [-0.25, -0.2) is 4.39 Å². The third-order valence-corrected chi connectivity index (χ3v) is 11.8. The monoisotopic (exact) mass is 654 g/mol. The van der Waals surface area contributed by atoms with Gasteiger partial charge in [0.1, 0.15) is 6.67 Å². The lowest BCUT2D eigenvalue weighted by molar-refractivity contribution is -0.0238. The molecule has 256 valence electrons. The number of hydrogen-bond donors (Lipinski definition) is 0. The van der Waals surface area contributed by atoms with E-state index in [2.05, 4.69) is 81.4 Å². The first-order valence-electron chi connectivity index (χ1n) is 16.0. The number of ether oxygens (including phenoxy) is 8. The minimum atomic E-state index is -2.53. The molecule has 45 heavy (non-hydrogen) atoms. The van der Waals surface area contributed by atoms with Crippen LogP contribution in [0.5, 0.6) is 0 Å². The average Bonchev–Trinajstić information content (AvgIpc) is 3.05. The van der Waals surface area contributed by atoms with E-state index < -0.39 is 15.0 Å². The molecule has 0 saturated heterocycles. The fourth-order valence-electron chi connectivity index (χ4n) is 4.71. The van der Waals surface area contributed by atoms with E-state index >= 15 is 0 Å². The van der Waals surface area contributed by atoms with Crippen LogP contribution in [0.3, 0.4) is 0 Å². The van der Waals surface area contributed by atoms with Gasteiger partial charge in [0.2, 0.25) is 0 Å². The van der Waals surface area contributed by atoms with Crippen LogP contribution in [0.1, 0.15) is 20.8 Å². The Labute approximate surface area is 270 Å². The van der Waals surface area contributed by atoms with E-state index in [0.717, 1.165) is 0 Å². The topological polar surface area (TPSA) is 83.1 Å². The molecule has 0 heterocycles. The van der Waals surface area contributed by atoms with Crippen molar-refractivity contribution in [3.05, 3.63) is 60.7 Å². The van der Waals surface area contributed by atoms with Gasteiger partial charge in [-0.05, 0) is 15.4 Å². The summed E-state index contributed by atoms with van der Waals surface area (Å²) in [4.78, 5) is 0. The summed E-state index contributed by atoms with van der Waals surface area (Å²) in [5.41, 5.74) is 0. The van der Waals surface area contributed by atoms with Gasteiger partial charge in [-0.2, -0.15) is 0 Å². The molecule has 0 spiro atoms. The van der Waals surface area contributed by atoms with Gasteiger partial charge in [0.15, 0.2) is 0 Å². The van der Waals surface area contributed by atoms with E-state index in [9.17, 15) is 4.39 Å². The fraction of sp³-hybridized carbons (Fsp3) is 0.647. The smallest absolute Gasteiger partial charge is 0.261 e. The van der Waals surface area contributed by atoms with E-state index in [-0.39, 0.29) is 11.6 Å². The Morgan fingerprint density at radius 1 is 0.422 bits per heavy atom. The molecule has 0 aliphatic heterocycles. The third kappa shape index (κ3) is 16.6. The Balaban J connectivity index is 1.42. The quantitative estimate of drug-likeness (QED) is 0.0965. The summed E-state index contributed by atoms with van der Waals surface area (Å²) in [5, 5.41) is 2.48. The van der Waals surface area contributed by atoms with Crippen LogP contribution in [0.15, 0.2) is 60.7 Å². The molecule has 0 saturated carbocycles. The van der Waals surface area contributed by atoms with E-state index in [1.165, 1.54) is 10.4 Å². The first-order valence-corrected chi connectivity index (χ1v) is 17.9. The maximum absolute atomic E-state index is 11.9. The lowest BCUT2D eigenvalue weighted by atomic mass is 10.2. The highest BCUT2D eigenvalue weighted by molar-refractivity contribution is 6.99. The second kappa shape index (κ2) is 25.3. The predicted octanol–water partition coefficient (Wildman–Crippen LogP) is 3.67. The van der Waals surface area contributed by atoms with Crippen molar-refractivity contribution in [1.29, 1.82) is 0 Å². The molecule has 0 radical (unpaired) electrons. The number of halogens is 1. The highest BCUT2D eigenvalue weighted by atomic mass is 28.4. The van der Waals surface area contributed by atoms with Crippen LogP contribution in [-0.2, 0) is 42.3 Å². The van der Waals surface area contributed by atoms with E-state index in [1.807, 2.05) is 0 Å². The summed E-state index contributed by atoms with van der Waals surface area (Å²) in [5.74, 6) is 0. The van der Waals surface area contributed by atoms with Crippen molar-refractivity contribution >= 4 is 18.7 Å². The second-order valence-corrected chi connectivity index (χ2v) is 15.4. The third-order valence-electron chi connectivity index (χ3n) is 6.79. The molecule has 2 rings (SSSR count). The molecule has 0 aromatic heterocycles. The maximum Gasteiger partial charge on any atom is 0.261 e. The molecule has 0 atom stereocenters. The van der Waals surface area contributed by atoms with Gasteiger partial charge < -0.3 is 42.3 Å². The van der Waals surface area contributed by atoms with Crippen LogP contribution < -0.4 is 10.4 Å². The number of alkyl halides is 1. The van der Waals surface area contributed by atoms with Crippen molar-refractivity contribution in [3.63, 3.8) is 0 Å². The van der Waals surface area contributed by atoms with Crippen molar-refractivity contribution in [3.8, 4) is 0 Å². The molecule has 0 unspecified atom stereocenters.